The smallest absolute Gasteiger partial charge is 0.338 e. The molecule has 12 heteroatoms. The van der Waals surface area contributed by atoms with E-state index in [-0.39, 0.29) is 16.4 Å². The monoisotopic (exact) mass is 495 g/mol. The van der Waals surface area contributed by atoms with Crippen LogP contribution in [-0.4, -0.2) is 41.4 Å². The van der Waals surface area contributed by atoms with E-state index >= 15 is 0 Å². The lowest BCUT2D eigenvalue weighted by Crippen LogP contribution is -2.30. The summed E-state index contributed by atoms with van der Waals surface area (Å²) in [4.78, 5) is 36.9. The number of aromatic nitrogens is 3. The molecule has 35 heavy (non-hydrogen) atoms. The summed E-state index contributed by atoms with van der Waals surface area (Å²) in [5.74, 6) is -1.31. The number of sulfonamides is 1. The SMILES string of the molecule is Cc1cc(C)nc(NS(=O)(=O)c2ccc(NC(=O)C(C)OC(=O)c3ccc4ocnc4c3)cc2)n1. The Balaban J connectivity index is 1.38. The van der Waals surface area contributed by atoms with Crippen LogP contribution in [0.4, 0.5) is 11.6 Å². The highest BCUT2D eigenvalue weighted by Crippen LogP contribution is 2.18. The molecule has 1 unspecified atom stereocenters. The molecule has 2 heterocycles. The van der Waals surface area contributed by atoms with Crippen molar-refractivity contribution in [2.24, 2.45) is 0 Å². The van der Waals surface area contributed by atoms with E-state index in [1.54, 1.807) is 26.0 Å². The van der Waals surface area contributed by atoms with E-state index in [1.165, 1.54) is 49.7 Å². The highest BCUT2D eigenvalue weighted by molar-refractivity contribution is 7.92. The molecule has 0 fully saturated rings. The molecule has 180 valence electrons. The topological polar surface area (TPSA) is 153 Å². The minimum atomic E-state index is -3.94. The van der Waals surface area contributed by atoms with Crippen molar-refractivity contribution in [2.75, 3.05) is 10.0 Å². The number of benzene rings is 2. The molecule has 1 amide bonds. The summed E-state index contributed by atoms with van der Waals surface area (Å²) in [5.41, 5.74) is 2.81. The number of nitrogens with one attached hydrogen (secondary N) is 2. The molecule has 4 rings (SSSR count). The second kappa shape index (κ2) is 9.50. The third-order valence-corrected chi connectivity index (χ3v) is 6.20. The normalized spacial score (nSPS) is 12.2. The molecule has 2 aromatic carbocycles. The largest absolute Gasteiger partial charge is 0.449 e. The Morgan fingerprint density at radius 1 is 1.00 bits per heavy atom. The van der Waals surface area contributed by atoms with Gasteiger partial charge in [0.1, 0.15) is 5.52 Å². The number of rotatable bonds is 7. The predicted octanol–water partition coefficient (Wildman–Crippen LogP) is 3.22. The number of hydrogen-bond donors (Lipinski definition) is 2. The van der Waals surface area contributed by atoms with Crippen molar-refractivity contribution in [2.45, 2.75) is 31.8 Å². The highest BCUT2D eigenvalue weighted by atomic mass is 32.2. The molecular formula is C23H21N5O6S. The van der Waals surface area contributed by atoms with Gasteiger partial charge in [-0.05, 0) is 69.3 Å². The van der Waals surface area contributed by atoms with Gasteiger partial charge in [-0.2, -0.15) is 0 Å². The van der Waals surface area contributed by atoms with Gasteiger partial charge in [0.05, 0.1) is 10.5 Å². The molecule has 0 aliphatic heterocycles. The van der Waals surface area contributed by atoms with E-state index in [0.29, 0.717) is 28.2 Å². The summed E-state index contributed by atoms with van der Waals surface area (Å²) in [7, 11) is -3.94. The van der Waals surface area contributed by atoms with Crippen LogP contribution in [0.2, 0.25) is 0 Å². The average molecular weight is 496 g/mol. The maximum atomic E-state index is 12.6. The number of carbonyl (C=O) groups excluding carboxylic acids is 2. The number of oxazole rings is 1. The lowest BCUT2D eigenvalue weighted by molar-refractivity contribution is -0.123. The van der Waals surface area contributed by atoms with Gasteiger partial charge >= 0.3 is 5.97 Å². The predicted molar refractivity (Wildman–Crippen MR) is 126 cm³/mol. The zero-order valence-electron chi connectivity index (χ0n) is 19.0. The van der Waals surface area contributed by atoms with Crippen molar-refractivity contribution in [3.05, 3.63) is 71.9 Å². The molecular weight excluding hydrogens is 474 g/mol. The van der Waals surface area contributed by atoms with Gasteiger partial charge in [0.25, 0.3) is 15.9 Å². The van der Waals surface area contributed by atoms with Crippen molar-refractivity contribution < 1.29 is 27.2 Å². The Labute approximate surface area is 200 Å². The van der Waals surface area contributed by atoms with Crippen molar-refractivity contribution in [1.29, 1.82) is 0 Å². The third kappa shape index (κ3) is 5.61. The summed E-state index contributed by atoms with van der Waals surface area (Å²) in [6, 6.07) is 11.8. The first-order valence-corrected chi connectivity index (χ1v) is 11.9. The molecule has 0 spiro atoms. The molecule has 0 saturated heterocycles. The van der Waals surface area contributed by atoms with Crippen molar-refractivity contribution in [3.63, 3.8) is 0 Å². The molecule has 1 atom stereocenters. The first kappa shape index (κ1) is 23.8. The zero-order valence-corrected chi connectivity index (χ0v) is 19.8. The second-order valence-corrected chi connectivity index (χ2v) is 9.36. The molecule has 2 N–H and O–H groups in total. The summed E-state index contributed by atoms with van der Waals surface area (Å²) >= 11 is 0. The Morgan fingerprint density at radius 2 is 1.69 bits per heavy atom. The fourth-order valence-corrected chi connectivity index (χ4v) is 4.12. The van der Waals surface area contributed by atoms with Crippen LogP contribution >= 0.6 is 0 Å². The van der Waals surface area contributed by atoms with Crippen LogP contribution in [0.15, 0.2) is 64.2 Å². The number of esters is 1. The second-order valence-electron chi connectivity index (χ2n) is 7.68. The van der Waals surface area contributed by atoms with Gasteiger partial charge in [-0.15, -0.1) is 0 Å². The number of fused-ring (bicyclic) bond motifs is 1. The van der Waals surface area contributed by atoms with Crippen LogP contribution in [0.5, 0.6) is 0 Å². The van der Waals surface area contributed by atoms with Crippen LogP contribution in [-0.2, 0) is 19.6 Å². The van der Waals surface area contributed by atoms with Crippen LogP contribution < -0.4 is 10.0 Å². The minimum absolute atomic E-state index is 0.0294. The van der Waals surface area contributed by atoms with E-state index in [1.807, 2.05) is 0 Å². The molecule has 0 saturated carbocycles. The highest BCUT2D eigenvalue weighted by Gasteiger charge is 2.21. The number of nitrogens with zero attached hydrogens (tertiary/aromatic N) is 3. The summed E-state index contributed by atoms with van der Waals surface area (Å²) in [6.07, 6.45) is 0.155. The van der Waals surface area contributed by atoms with Gasteiger partial charge in [0.2, 0.25) is 5.95 Å². The van der Waals surface area contributed by atoms with E-state index in [4.69, 9.17) is 9.15 Å². The van der Waals surface area contributed by atoms with Gasteiger partial charge in [0, 0.05) is 17.1 Å². The maximum Gasteiger partial charge on any atom is 0.338 e. The van der Waals surface area contributed by atoms with Crippen molar-refractivity contribution in [1.82, 2.24) is 15.0 Å². The number of aryl methyl sites for hydroxylation is 2. The van der Waals surface area contributed by atoms with Crippen LogP contribution in [0.1, 0.15) is 28.7 Å². The lowest BCUT2D eigenvalue weighted by Gasteiger charge is -2.14. The van der Waals surface area contributed by atoms with Gasteiger partial charge in [-0.1, -0.05) is 0 Å². The standard InChI is InChI=1S/C23H21N5O6S/c1-13-10-14(2)26-23(25-13)28-35(31,32)18-7-5-17(6-8-18)27-21(29)15(3)34-22(30)16-4-9-20-19(11-16)24-12-33-20/h4-12,15H,1-3H3,(H,27,29)(H,25,26,28). The third-order valence-electron chi connectivity index (χ3n) is 4.86. The van der Waals surface area contributed by atoms with Gasteiger partial charge in [-0.3, -0.25) is 4.79 Å². The minimum Gasteiger partial charge on any atom is -0.449 e. The van der Waals surface area contributed by atoms with Crippen molar-refractivity contribution in [3.8, 4) is 0 Å². The van der Waals surface area contributed by atoms with E-state index in [2.05, 4.69) is 25.0 Å². The number of anilines is 2. The molecule has 0 aliphatic carbocycles. The van der Waals surface area contributed by atoms with Crippen LogP contribution in [0.3, 0.4) is 0 Å². The van der Waals surface area contributed by atoms with Crippen molar-refractivity contribution >= 4 is 44.6 Å². The quantitative estimate of drug-likeness (QED) is 0.368. The fourth-order valence-electron chi connectivity index (χ4n) is 3.18. The summed E-state index contributed by atoms with van der Waals surface area (Å²) in [5, 5.41) is 2.58. The summed E-state index contributed by atoms with van der Waals surface area (Å²) < 4.78 is 38.0. The molecule has 4 aromatic rings. The number of carbonyl (C=O) groups is 2. The fraction of sp³-hybridized carbons (Fsp3) is 0.174. The molecule has 0 aliphatic rings. The maximum absolute atomic E-state index is 12.6. The molecule has 0 bridgehead atoms. The first-order valence-electron chi connectivity index (χ1n) is 10.4. The van der Waals surface area contributed by atoms with Gasteiger partial charge in [-0.25, -0.2) is 32.9 Å². The number of amides is 1. The Bertz CT molecular complexity index is 1490. The van der Waals surface area contributed by atoms with Gasteiger partial charge < -0.3 is 14.5 Å². The Kier molecular flexibility index (Phi) is 6.47. The molecule has 11 nitrogen and oxygen atoms in total. The molecule has 2 aromatic heterocycles. The molecule has 0 radical (unpaired) electrons. The number of ether oxygens (including phenoxy) is 1. The van der Waals surface area contributed by atoms with E-state index in [9.17, 15) is 18.0 Å². The van der Waals surface area contributed by atoms with Crippen LogP contribution in [0, 0.1) is 13.8 Å². The Morgan fingerprint density at radius 3 is 2.37 bits per heavy atom. The van der Waals surface area contributed by atoms with E-state index in [0.717, 1.165) is 0 Å². The Hall–Kier alpha value is -4.32. The van der Waals surface area contributed by atoms with Gasteiger partial charge in [0.15, 0.2) is 18.1 Å². The summed E-state index contributed by atoms with van der Waals surface area (Å²) in [6.45, 7) is 4.89. The van der Waals surface area contributed by atoms with Crippen LogP contribution in [0.25, 0.3) is 11.1 Å². The lowest BCUT2D eigenvalue weighted by atomic mass is 10.2. The van der Waals surface area contributed by atoms with E-state index < -0.39 is 28.0 Å². The zero-order chi connectivity index (χ0) is 25.2. The number of hydrogen-bond acceptors (Lipinski definition) is 9. The first-order chi connectivity index (χ1) is 16.6. The average Bonchev–Trinajstić information content (AvgIpc) is 3.26.